The zero-order chi connectivity index (χ0) is 11.8. The van der Waals surface area contributed by atoms with Gasteiger partial charge in [-0.05, 0) is 24.3 Å². The third-order valence-corrected chi connectivity index (χ3v) is 1.32. The van der Waals surface area contributed by atoms with E-state index in [4.69, 9.17) is 0 Å². The Kier molecular flexibility index (Phi) is 5.49. The lowest BCUT2D eigenvalue weighted by Gasteiger charge is -1.87. The van der Waals surface area contributed by atoms with Crippen molar-refractivity contribution in [2.24, 2.45) is 10.1 Å². The van der Waals surface area contributed by atoms with Crippen molar-refractivity contribution in [3.63, 3.8) is 0 Å². The molecule has 0 aromatic heterocycles. The molecule has 0 atom stereocenters. The number of amides is 2. The van der Waals surface area contributed by atoms with Crippen LogP contribution in [0.2, 0.25) is 0 Å². The van der Waals surface area contributed by atoms with Crippen molar-refractivity contribution in [1.82, 2.24) is 0 Å². The first-order chi connectivity index (χ1) is 6.91. The molecule has 2 amide bonds. The average Bonchev–Trinajstić information content (AvgIpc) is 2.09. The lowest BCUT2D eigenvalue weighted by molar-refractivity contribution is -0.113. The third kappa shape index (κ3) is 8.25. The lowest BCUT2D eigenvalue weighted by Crippen LogP contribution is -2.02. The number of primary amides is 1. The SMILES string of the molecule is NC(=O)N=S(=O)=O.O=C1C=CC(=O)C=C1. The van der Waals surface area contributed by atoms with E-state index in [-0.39, 0.29) is 11.6 Å². The summed E-state index contributed by atoms with van der Waals surface area (Å²) < 4.78 is 21.0. The van der Waals surface area contributed by atoms with E-state index in [9.17, 15) is 22.8 Å². The molecule has 0 unspecified atom stereocenters. The van der Waals surface area contributed by atoms with Crippen LogP contribution in [0.15, 0.2) is 28.7 Å². The van der Waals surface area contributed by atoms with Gasteiger partial charge >= 0.3 is 16.5 Å². The summed E-state index contributed by atoms with van der Waals surface area (Å²) in [7, 11) is -2.70. The molecule has 0 fully saturated rings. The molecule has 0 aromatic rings. The van der Waals surface area contributed by atoms with Crippen LogP contribution in [0.4, 0.5) is 4.79 Å². The summed E-state index contributed by atoms with van der Waals surface area (Å²) in [5.41, 5.74) is 4.29. The molecule has 7 nitrogen and oxygen atoms in total. The maximum Gasteiger partial charge on any atom is 0.353 e. The summed E-state index contributed by atoms with van der Waals surface area (Å²) in [4.78, 5) is 30.0. The highest BCUT2D eigenvalue weighted by atomic mass is 32.2. The van der Waals surface area contributed by atoms with Crippen molar-refractivity contribution < 1.29 is 22.8 Å². The molecule has 80 valence electrons. The Morgan fingerprint density at radius 2 is 1.40 bits per heavy atom. The van der Waals surface area contributed by atoms with Gasteiger partial charge in [0.05, 0.1) is 0 Å². The van der Waals surface area contributed by atoms with Gasteiger partial charge in [-0.15, -0.1) is 0 Å². The Bertz CT molecular complexity index is 426. The summed E-state index contributed by atoms with van der Waals surface area (Å²) >= 11 is 0. The van der Waals surface area contributed by atoms with Crippen LogP contribution in [-0.2, 0) is 20.1 Å². The molecule has 1 rings (SSSR count). The van der Waals surface area contributed by atoms with Crippen LogP contribution >= 0.6 is 0 Å². The van der Waals surface area contributed by atoms with Crippen LogP contribution in [0.1, 0.15) is 0 Å². The van der Waals surface area contributed by atoms with E-state index in [1.165, 1.54) is 24.3 Å². The van der Waals surface area contributed by atoms with Crippen molar-refractivity contribution in [1.29, 1.82) is 0 Å². The fourth-order valence-corrected chi connectivity index (χ4v) is 0.660. The highest BCUT2D eigenvalue weighted by molar-refractivity contribution is 7.62. The number of nitrogens with zero attached hydrogens (tertiary/aromatic N) is 1. The first-order valence-electron chi connectivity index (χ1n) is 3.46. The molecule has 8 heteroatoms. The first kappa shape index (κ1) is 12.9. The summed E-state index contributed by atoms with van der Waals surface area (Å²) in [6.45, 7) is 0. The second kappa shape index (κ2) is 6.38. The van der Waals surface area contributed by atoms with E-state index >= 15 is 0 Å². The smallest absolute Gasteiger partial charge is 0.349 e. The first-order valence-corrected chi connectivity index (χ1v) is 4.49. The van der Waals surface area contributed by atoms with E-state index in [0.717, 1.165) is 0 Å². The average molecular weight is 230 g/mol. The topological polar surface area (TPSA) is 124 Å². The number of carbonyl (C=O) groups is 3. The Morgan fingerprint density at radius 1 is 1.07 bits per heavy atom. The number of hydrogen-bond donors (Lipinski definition) is 1. The molecule has 0 saturated heterocycles. The van der Waals surface area contributed by atoms with Crippen LogP contribution in [-0.4, -0.2) is 26.0 Å². The van der Waals surface area contributed by atoms with E-state index in [2.05, 4.69) is 10.1 Å². The Morgan fingerprint density at radius 3 is 1.53 bits per heavy atom. The van der Waals surface area contributed by atoms with E-state index in [1.54, 1.807) is 0 Å². The van der Waals surface area contributed by atoms with Gasteiger partial charge in [0.2, 0.25) is 0 Å². The number of rotatable bonds is 0. The summed E-state index contributed by atoms with van der Waals surface area (Å²) in [6.07, 6.45) is 5.01. The lowest BCUT2D eigenvalue weighted by atomic mass is 10.2. The predicted octanol–water partition coefficient (Wildman–Crippen LogP) is -0.622. The Labute approximate surface area is 86.0 Å². The highest BCUT2D eigenvalue weighted by Gasteiger charge is 1.97. The molecular weight excluding hydrogens is 224 g/mol. The minimum Gasteiger partial charge on any atom is -0.349 e. The van der Waals surface area contributed by atoms with Crippen molar-refractivity contribution in [3.8, 4) is 0 Å². The normalized spacial score (nSPS) is 12.8. The minimum atomic E-state index is -2.70. The number of urea groups is 1. The molecule has 15 heavy (non-hydrogen) atoms. The molecule has 2 N–H and O–H groups in total. The fourth-order valence-electron chi connectivity index (χ4n) is 0.513. The monoisotopic (exact) mass is 230 g/mol. The Balaban J connectivity index is 0.000000265. The van der Waals surface area contributed by atoms with Crippen LogP contribution in [0.3, 0.4) is 0 Å². The molecular formula is C7H6N2O5S. The Hall–Kier alpha value is -2.09. The largest absolute Gasteiger partial charge is 0.353 e. The van der Waals surface area contributed by atoms with Crippen LogP contribution < -0.4 is 5.73 Å². The highest BCUT2D eigenvalue weighted by Crippen LogP contribution is 1.90. The molecule has 0 saturated carbocycles. The third-order valence-electron chi connectivity index (χ3n) is 0.988. The molecule has 0 aromatic carbocycles. The van der Waals surface area contributed by atoms with Gasteiger partial charge in [0.1, 0.15) is 0 Å². The molecule has 1 aliphatic rings. The van der Waals surface area contributed by atoms with Gasteiger partial charge in [0.25, 0.3) is 0 Å². The maximum absolute atomic E-state index is 10.3. The molecule has 1 aliphatic carbocycles. The van der Waals surface area contributed by atoms with Crippen LogP contribution in [0.25, 0.3) is 0 Å². The van der Waals surface area contributed by atoms with Gasteiger partial charge in [-0.25, -0.2) is 4.79 Å². The van der Waals surface area contributed by atoms with Gasteiger partial charge in [-0.2, -0.15) is 8.42 Å². The van der Waals surface area contributed by atoms with Crippen molar-refractivity contribution in [2.45, 2.75) is 0 Å². The van der Waals surface area contributed by atoms with Gasteiger partial charge in [0.15, 0.2) is 11.6 Å². The fraction of sp³-hybridized carbons (Fsp3) is 0. The predicted molar refractivity (Wildman–Crippen MR) is 49.2 cm³/mol. The van der Waals surface area contributed by atoms with Crippen molar-refractivity contribution in [2.75, 3.05) is 0 Å². The second-order valence-corrected chi connectivity index (χ2v) is 2.73. The molecule has 0 spiro atoms. The maximum atomic E-state index is 10.3. The number of carbonyl (C=O) groups excluding carboxylic acids is 3. The van der Waals surface area contributed by atoms with Crippen molar-refractivity contribution >= 4 is 28.1 Å². The second-order valence-electron chi connectivity index (χ2n) is 2.12. The number of hydrogen-bond acceptors (Lipinski definition) is 5. The van der Waals surface area contributed by atoms with Gasteiger partial charge < -0.3 is 5.73 Å². The molecule has 0 radical (unpaired) electrons. The number of ketones is 2. The van der Waals surface area contributed by atoms with Gasteiger partial charge in [-0.1, -0.05) is 4.36 Å². The number of nitrogens with two attached hydrogens (primary N) is 1. The minimum absolute atomic E-state index is 0.121. The number of allylic oxidation sites excluding steroid dienone is 4. The van der Waals surface area contributed by atoms with Gasteiger partial charge in [-0.3, -0.25) is 9.59 Å². The van der Waals surface area contributed by atoms with Crippen molar-refractivity contribution in [3.05, 3.63) is 24.3 Å². The van der Waals surface area contributed by atoms with E-state index < -0.39 is 16.5 Å². The van der Waals surface area contributed by atoms with Crippen LogP contribution in [0, 0.1) is 0 Å². The molecule has 0 heterocycles. The van der Waals surface area contributed by atoms with E-state index in [1.807, 2.05) is 0 Å². The van der Waals surface area contributed by atoms with Crippen LogP contribution in [0.5, 0.6) is 0 Å². The zero-order valence-corrected chi connectivity index (χ0v) is 8.10. The molecule has 0 aliphatic heterocycles. The standard InChI is InChI=1S/C6H4O2.CH2N2O3S/c7-5-1-2-6(8)4-3-5;2-1(4)3-7(5)6/h1-4H;(H2,2,4). The zero-order valence-electron chi connectivity index (χ0n) is 7.28. The van der Waals surface area contributed by atoms with E-state index in [0.29, 0.717) is 0 Å². The van der Waals surface area contributed by atoms with Gasteiger partial charge in [0, 0.05) is 0 Å². The summed E-state index contributed by atoms with van der Waals surface area (Å²) in [5, 5.41) is 0. The quantitative estimate of drug-likeness (QED) is 0.555. The summed E-state index contributed by atoms with van der Waals surface area (Å²) in [5.74, 6) is -0.241. The summed E-state index contributed by atoms with van der Waals surface area (Å²) in [6, 6.07) is -1.20. The molecule has 0 bridgehead atoms.